The number of rotatable bonds is 1. The van der Waals surface area contributed by atoms with Crippen molar-refractivity contribution in [2.24, 2.45) is 4.99 Å². The van der Waals surface area contributed by atoms with Crippen LogP contribution in [0, 0.1) is 0 Å². The maximum Gasteiger partial charge on any atom is 0.357 e. The van der Waals surface area contributed by atoms with Gasteiger partial charge in [0, 0.05) is 14.1 Å². The van der Waals surface area contributed by atoms with E-state index in [9.17, 15) is 9.59 Å². The van der Waals surface area contributed by atoms with Gasteiger partial charge in [-0.1, -0.05) is 18.2 Å². The van der Waals surface area contributed by atoms with Crippen molar-refractivity contribution in [2.45, 2.75) is 0 Å². The zero-order valence-corrected chi connectivity index (χ0v) is 9.04. The number of carbonyl (C=O) groups excluding carboxylic acids is 2. The van der Waals surface area contributed by atoms with Gasteiger partial charge in [-0.05, 0) is 12.1 Å². The van der Waals surface area contributed by atoms with Crippen molar-refractivity contribution in [2.75, 3.05) is 19.0 Å². The average Bonchev–Trinajstić information content (AvgIpc) is 2.56. The Labute approximate surface area is 93.0 Å². The lowest BCUT2D eigenvalue weighted by atomic mass is 10.3. The van der Waals surface area contributed by atoms with Gasteiger partial charge in [0.15, 0.2) is 0 Å². The lowest BCUT2D eigenvalue weighted by molar-refractivity contribution is -0.112. The molecule has 1 aliphatic heterocycles. The van der Waals surface area contributed by atoms with Crippen molar-refractivity contribution in [1.29, 1.82) is 0 Å². The number of aliphatic imine (C=N–C) groups is 1. The van der Waals surface area contributed by atoms with Crippen molar-refractivity contribution in [3.63, 3.8) is 0 Å². The van der Waals surface area contributed by atoms with Crippen LogP contribution in [-0.4, -0.2) is 36.8 Å². The summed E-state index contributed by atoms with van der Waals surface area (Å²) < 4.78 is 0. The Morgan fingerprint density at radius 3 is 2.25 bits per heavy atom. The summed E-state index contributed by atoms with van der Waals surface area (Å²) >= 11 is 0. The first kappa shape index (κ1) is 10.4. The highest BCUT2D eigenvalue weighted by molar-refractivity contribution is 6.52. The normalized spacial score (nSPS) is 15.4. The number of carbonyl (C=O) groups is 2. The predicted octanol–water partition coefficient (Wildman–Crippen LogP) is 1.11. The molecule has 82 valence electrons. The van der Waals surface area contributed by atoms with Crippen molar-refractivity contribution >= 4 is 23.5 Å². The van der Waals surface area contributed by atoms with Gasteiger partial charge in [0.25, 0.3) is 0 Å². The van der Waals surface area contributed by atoms with Crippen molar-refractivity contribution < 1.29 is 9.59 Å². The Morgan fingerprint density at radius 2 is 1.75 bits per heavy atom. The lowest BCUT2D eigenvalue weighted by Crippen LogP contribution is -2.37. The van der Waals surface area contributed by atoms with Crippen LogP contribution in [0.3, 0.4) is 0 Å². The van der Waals surface area contributed by atoms with Crippen molar-refractivity contribution in [3.8, 4) is 0 Å². The number of imide groups is 1. The summed E-state index contributed by atoms with van der Waals surface area (Å²) in [5.41, 5.74) is 0.540. The monoisotopic (exact) mass is 217 g/mol. The number of urea groups is 1. The molecule has 0 saturated heterocycles. The van der Waals surface area contributed by atoms with Gasteiger partial charge in [-0.2, -0.15) is 4.99 Å². The van der Waals surface area contributed by atoms with Crippen LogP contribution in [0.15, 0.2) is 35.3 Å². The van der Waals surface area contributed by atoms with Crippen molar-refractivity contribution in [1.82, 2.24) is 4.90 Å². The minimum absolute atomic E-state index is 0.161. The summed E-state index contributed by atoms with van der Waals surface area (Å²) in [6, 6.07) is 8.21. The number of likely N-dealkylation sites (N-methyl/N-ethyl adjacent to an activating group) is 1. The third-order valence-electron chi connectivity index (χ3n) is 2.23. The van der Waals surface area contributed by atoms with Crippen molar-refractivity contribution in [3.05, 3.63) is 30.3 Å². The predicted molar refractivity (Wildman–Crippen MR) is 60.4 cm³/mol. The van der Waals surface area contributed by atoms with E-state index in [2.05, 4.69) is 4.99 Å². The molecule has 0 atom stereocenters. The second kappa shape index (κ2) is 3.77. The molecule has 0 unspecified atom stereocenters. The van der Waals surface area contributed by atoms with E-state index in [0.717, 1.165) is 4.90 Å². The fraction of sp³-hybridized carbons (Fsp3) is 0.182. The van der Waals surface area contributed by atoms with E-state index in [4.69, 9.17) is 0 Å². The summed E-state index contributed by atoms with van der Waals surface area (Å²) in [5.74, 6) is -0.227. The minimum Gasteiger partial charge on any atom is -0.358 e. The Bertz CT molecular complexity index is 465. The third kappa shape index (κ3) is 1.56. The van der Waals surface area contributed by atoms with Gasteiger partial charge in [0.1, 0.15) is 0 Å². The van der Waals surface area contributed by atoms with Crippen LogP contribution in [0.1, 0.15) is 0 Å². The van der Waals surface area contributed by atoms with Crippen LogP contribution >= 0.6 is 0 Å². The van der Waals surface area contributed by atoms with Crippen LogP contribution in [0.2, 0.25) is 0 Å². The molecule has 1 aromatic carbocycles. The minimum atomic E-state index is -0.542. The second-order valence-corrected chi connectivity index (χ2v) is 3.59. The standard InChI is InChI=1S/C11H11N3O2/c1-13(2)9-10(15)14(11(16)12-9)8-6-4-3-5-7-8/h3-7H,1-2H3. The third-order valence-corrected chi connectivity index (χ3v) is 2.23. The van der Waals surface area contributed by atoms with Crippen LogP contribution in [0.4, 0.5) is 10.5 Å². The van der Waals surface area contributed by atoms with E-state index < -0.39 is 6.03 Å². The van der Waals surface area contributed by atoms with Crippen LogP contribution < -0.4 is 4.90 Å². The molecule has 0 saturated carbocycles. The second-order valence-electron chi connectivity index (χ2n) is 3.59. The first-order valence-electron chi connectivity index (χ1n) is 4.80. The van der Waals surface area contributed by atoms with Gasteiger partial charge >= 0.3 is 11.9 Å². The average molecular weight is 217 g/mol. The van der Waals surface area contributed by atoms with E-state index in [1.54, 1.807) is 38.4 Å². The summed E-state index contributed by atoms with van der Waals surface area (Å²) in [7, 11) is 3.36. The highest BCUT2D eigenvalue weighted by atomic mass is 16.2. The molecule has 0 N–H and O–H groups in total. The molecule has 0 bridgehead atoms. The molecule has 0 radical (unpaired) electrons. The molecule has 16 heavy (non-hydrogen) atoms. The Hall–Kier alpha value is -2.17. The van der Waals surface area contributed by atoms with E-state index in [1.807, 2.05) is 6.07 Å². The van der Waals surface area contributed by atoms with E-state index >= 15 is 0 Å². The number of nitrogens with zero attached hydrogens (tertiary/aromatic N) is 3. The Balaban J connectivity index is 2.35. The first-order chi connectivity index (χ1) is 7.61. The van der Waals surface area contributed by atoms with E-state index in [-0.39, 0.29) is 11.7 Å². The number of para-hydroxylation sites is 1. The molecule has 5 nitrogen and oxygen atoms in total. The Morgan fingerprint density at radius 1 is 1.12 bits per heavy atom. The number of hydrogen-bond acceptors (Lipinski definition) is 3. The summed E-state index contributed by atoms with van der Waals surface area (Å²) in [6.45, 7) is 0. The fourth-order valence-corrected chi connectivity index (χ4v) is 1.47. The first-order valence-corrected chi connectivity index (χ1v) is 4.80. The molecule has 0 aliphatic carbocycles. The maximum absolute atomic E-state index is 11.9. The highest BCUT2D eigenvalue weighted by Crippen LogP contribution is 2.19. The molecular formula is C11H11N3O2. The maximum atomic E-state index is 11.9. The number of anilines is 1. The van der Waals surface area contributed by atoms with Gasteiger partial charge in [0.05, 0.1) is 5.69 Å². The quantitative estimate of drug-likeness (QED) is 0.708. The van der Waals surface area contributed by atoms with Crippen LogP contribution in [0.5, 0.6) is 0 Å². The molecular weight excluding hydrogens is 206 g/mol. The van der Waals surface area contributed by atoms with E-state index in [1.165, 1.54) is 4.90 Å². The van der Waals surface area contributed by atoms with E-state index in [0.29, 0.717) is 5.69 Å². The molecule has 1 aromatic rings. The smallest absolute Gasteiger partial charge is 0.357 e. The summed E-state index contributed by atoms with van der Waals surface area (Å²) in [4.78, 5) is 29.8. The number of benzene rings is 1. The van der Waals surface area contributed by atoms with Crippen LogP contribution in [-0.2, 0) is 4.79 Å². The van der Waals surface area contributed by atoms with Crippen LogP contribution in [0.25, 0.3) is 0 Å². The largest absolute Gasteiger partial charge is 0.358 e. The van der Waals surface area contributed by atoms with Gasteiger partial charge in [-0.25, -0.2) is 9.69 Å². The Kier molecular flexibility index (Phi) is 2.44. The zero-order chi connectivity index (χ0) is 11.7. The molecule has 5 heteroatoms. The number of hydrogen-bond donors (Lipinski definition) is 0. The lowest BCUT2D eigenvalue weighted by Gasteiger charge is -2.14. The topological polar surface area (TPSA) is 53.0 Å². The number of amidine groups is 1. The molecule has 0 fully saturated rings. The van der Waals surface area contributed by atoms with Gasteiger partial charge in [0.2, 0.25) is 5.84 Å². The zero-order valence-electron chi connectivity index (χ0n) is 9.04. The van der Waals surface area contributed by atoms with Gasteiger partial charge < -0.3 is 4.90 Å². The SMILES string of the molecule is CN(C)C1=NC(=O)N(c2ccccc2)C1=O. The van der Waals surface area contributed by atoms with Gasteiger partial charge in [-0.3, -0.25) is 4.79 Å². The fourth-order valence-electron chi connectivity index (χ4n) is 1.47. The molecule has 1 heterocycles. The van der Waals surface area contributed by atoms with Gasteiger partial charge in [-0.15, -0.1) is 0 Å². The summed E-state index contributed by atoms with van der Waals surface area (Å²) in [6.07, 6.45) is 0. The molecule has 3 amide bonds. The number of amides is 3. The highest BCUT2D eigenvalue weighted by Gasteiger charge is 2.35. The summed E-state index contributed by atoms with van der Waals surface area (Å²) in [5, 5.41) is 0. The molecule has 2 rings (SSSR count). The molecule has 0 spiro atoms. The molecule has 0 aromatic heterocycles. The molecule has 1 aliphatic rings.